The summed E-state index contributed by atoms with van der Waals surface area (Å²) in [5, 5.41) is 2.51. The number of nitrogens with zero attached hydrogens (tertiary/aromatic N) is 2. The number of ether oxygens (including phenoxy) is 4. The molecular weight excluding hydrogens is 450 g/mol. The van der Waals surface area contributed by atoms with Crippen LogP contribution in [-0.2, 0) is 10.8 Å². The van der Waals surface area contributed by atoms with Gasteiger partial charge in [0.15, 0.2) is 0 Å². The van der Waals surface area contributed by atoms with E-state index < -0.39 is 29.7 Å². The molecule has 2 amide bonds. The number of hydrogen-bond acceptors (Lipinski definition) is 6. The van der Waals surface area contributed by atoms with Gasteiger partial charge in [-0.3, -0.25) is 0 Å². The van der Waals surface area contributed by atoms with E-state index in [-0.39, 0.29) is 5.69 Å². The summed E-state index contributed by atoms with van der Waals surface area (Å²) in [6.07, 6.45) is -8.73. The summed E-state index contributed by atoms with van der Waals surface area (Å²) in [5.74, 6) is 0.567. The Kier molecular flexibility index (Phi) is 5.87. The van der Waals surface area contributed by atoms with Gasteiger partial charge in [-0.05, 0) is 30.3 Å². The number of carbonyl (C=O) groups excluding carboxylic acids is 1. The van der Waals surface area contributed by atoms with Crippen molar-refractivity contribution in [1.82, 2.24) is 4.90 Å². The minimum absolute atomic E-state index is 0.00454. The maximum atomic E-state index is 13.9. The molecule has 0 unspecified atom stereocenters. The Morgan fingerprint density at radius 3 is 2.39 bits per heavy atom. The Bertz CT molecular complexity index is 1040. The van der Waals surface area contributed by atoms with Crippen LogP contribution < -0.4 is 24.4 Å². The summed E-state index contributed by atoms with van der Waals surface area (Å²) in [6.45, 7) is 1.74. The molecule has 0 spiro atoms. The standard InChI is InChI=1S/C21H21F4N3O5/c1-30-14-4-5-16(18(12-14)31-2)27-7-9-28(10-8-27)19(29)26-13-3-6-17-15(11-13)20(22,23)33-21(24,25)32-17/h3-6,11-12H,7-10H2,1-2H3,(H,26,29). The fourth-order valence-electron chi connectivity index (χ4n) is 3.68. The van der Waals surface area contributed by atoms with Crippen LogP contribution in [0.2, 0.25) is 0 Å². The number of piperazine rings is 1. The highest BCUT2D eigenvalue weighted by atomic mass is 19.3. The van der Waals surface area contributed by atoms with Crippen LogP contribution in [0.25, 0.3) is 0 Å². The van der Waals surface area contributed by atoms with Crippen molar-refractivity contribution in [2.75, 3.05) is 50.6 Å². The first-order valence-corrected chi connectivity index (χ1v) is 9.94. The maximum Gasteiger partial charge on any atom is 0.540 e. The van der Waals surface area contributed by atoms with Crippen LogP contribution in [0.3, 0.4) is 0 Å². The minimum atomic E-state index is -4.45. The van der Waals surface area contributed by atoms with Crippen molar-refractivity contribution in [2.45, 2.75) is 12.4 Å². The van der Waals surface area contributed by atoms with E-state index in [4.69, 9.17) is 9.47 Å². The van der Waals surface area contributed by atoms with E-state index in [1.54, 1.807) is 20.3 Å². The summed E-state index contributed by atoms with van der Waals surface area (Å²) >= 11 is 0. The molecule has 0 saturated carbocycles. The highest BCUT2D eigenvalue weighted by Crippen LogP contribution is 2.47. The molecule has 2 aliphatic rings. The number of halogens is 4. The number of anilines is 2. The van der Waals surface area contributed by atoms with Gasteiger partial charge in [0.25, 0.3) is 0 Å². The highest BCUT2D eigenvalue weighted by molar-refractivity contribution is 5.89. The van der Waals surface area contributed by atoms with Gasteiger partial charge in [-0.2, -0.15) is 8.78 Å². The number of alkyl halides is 4. The molecule has 0 atom stereocenters. The molecule has 1 saturated heterocycles. The first-order chi connectivity index (χ1) is 15.6. The molecule has 4 rings (SSSR count). The molecular formula is C21H21F4N3O5. The van der Waals surface area contributed by atoms with Gasteiger partial charge in [-0.1, -0.05) is 0 Å². The van der Waals surface area contributed by atoms with Crippen LogP contribution in [0, 0.1) is 0 Å². The zero-order chi connectivity index (χ0) is 23.8. The lowest BCUT2D eigenvalue weighted by Gasteiger charge is -2.36. The van der Waals surface area contributed by atoms with Crippen molar-refractivity contribution in [1.29, 1.82) is 0 Å². The van der Waals surface area contributed by atoms with Crippen LogP contribution in [0.5, 0.6) is 17.2 Å². The topological polar surface area (TPSA) is 72.5 Å². The molecule has 2 aliphatic heterocycles. The van der Waals surface area contributed by atoms with E-state index in [0.29, 0.717) is 37.7 Å². The van der Waals surface area contributed by atoms with Gasteiger partial charge >= 0.3 is 18.4 Å². The second-order valence-corrected chi connectivity index (χ2v) is 7.34. The molecule has 0 radical (unpaired) electrons. The number of methoxy groups -OCH3 is 2. The number of amides is 2. The Labute approximate surface area is 186 Å². The van der Waals surface area contributed by atoms with Gasteiger partial charge in [0.1, 0.15) is 17.2 Å². The maximum absolute atomic E-state index is 13.9. The molecule has 2 aromatic carbocycles. The van der Waals surface area contributed by atoms with Gasteiger partial charge in [-0.25, -0.2) is 9.53 Å². The van der Waals surface area contributed by atoms with Crippen molar-refractivity contribution in [3.05, 3.63) is 42.0 Å². The molecule has 8 nitrogen and oxygen atoms in total. The van der Waals surface area contributed by atoms with Crippen molar-refractivity contribution in [2.24, 2.45) is 0 Å². The summed E-state index contributed by atoms with van der Waals surface area (Å²) in [6, 6.07) is 7.92. The average Bonchev–Trinajstić information content (AvgIpc) is 2.78. The normalized spacial score (nSPS) is 18.7. The van der Waals surface area contributed by atoms with Crippen LogP contribution in [0.15, 0.2) is 36.4 Å². The molecule has 33 heavy (non-hydrogen) atoms. The molecule has 178 valence electrons. The number of benzene rings is 2. The lowest BCUT2D eigenvalue weighted by Crippen LogP contribution is -2.50. The quantitative estimate of drug-likeness (QED) is 0.678. The third kappa shape index (κ3) is 4.70. The van der Waals surface area contributed by atoms with E-state index in [0.717, 1.165) is 17.8 Å². The molecule has 0 aromatic heterocycles. The monoisotopic (exact) mass is 471 g/mol. The number of rotatable bonds is 4. The van der Waals surface area contributed by atoms with E-state index in [1.807, 2.05) is 12.1 Å². The van der Waals surface area contributed by atoms with Crippen LogP contribution >= 0.6 is 0 Å². The number of carbonyl (C=O) groups is 1. The summed E-state index contributed by atoms with van der Waals surface area (Å²) in [5.41, 5.74) is -0.0511. The summed E-state index contributed by atoms with van der Waals surface area (Å²) in [4.78, 5) is 16.2. The molecule has 1 fully saturated rings. The molecule has 0 aliphatic carbocycles. The van der Waals surface area contributed by atoms with Gasteiger partial charge in [0, 0.05) is 37.9 Å². The SMILES string of the molecule is COc1ccc(N2CCN(C(=O)Nc3ccc4c(c3)C(F)(F)OC(F)(F)O4)CC2)c(OC)c1. The van der Waals surface area contributed by atoms with Gasteiger partial charge in [-0.15, -0.1) is 8.78 Å². The first-order valence-electron chi connectivity index (χ1n) is 9.94. The zero-order valence-corrected chi connectivity index (χ0v) is 17.7. The number of fused-ring (bicyclic) bond motifs is 1. The van der Waals surface area contributed by atoms with Gasteiger partial charge < -0.3 is 29.3 Å². The molecule has 0 bridgehead atoms. The smallest absolute Gasteiger partial charge is 0.497 e. The zero-order valence-electron chi connectivity index (χ0n) is 17.7. The minimum Gasteiger partial charge on any atom is -0.497 e. The average molecular weight is 471 g/mol. The van der Waals surface area contributed by atoms with E-state index in [1.165, 1.54) is 11.0 Å². The first kappa shape index (κ1) is 22.8. The molecule has 2 aromatic rings. The van der Waals surface area contributed by atoms with Crippen LogP contribution in [-0.4, -0.2) is 57.6 Å². The Balaban J connectivity index is 1.40. The van der Waals surface area contributed by atoms with Crippen LogP contribution in [0.1, 0.15) is 5.56 Å². The highest BCUT2D eigenvalue weighted by Gasteiger charge is 2.54. The van der Waals surface area contributed by atoms with Gasteiger partial charge in [0.05, 0.1) is 25.5 Å². The summed E-state index contributed by atoms with van der Waals surface area (Å²) < 4.78 is 72.4. The predicted molar refractivity (Wildman–Crippen MR) is 109 cm³/mol. The predicted octanol–water partition coefficient (Wildman–Crippen LogP) is 4.07. The lowest BCUT2D eigenvalue weighted by molar-refractivity contribution is -0.461. The fraction of sp³-hybridized carbons (Fsp3) is 0.381. The Morgan fingerprint density at radius 2 is 1.73 bits per heavy atom. The molecule has 2 heterocycles. The molecule has 1 N–H and O–H groups in total. The third-order valence-electron chi connectivity index (χ3n) is 5.31. The van der Waals surface area contributed by atoms with Crippen LogP contribution in [0.4, 0.5) is 33.7 Å². The molecule has 12 heteroatoms. The van der Waals surface area contributed by atoms with Crippen molar-refractivity contribution < 1.29 is 41.3 Å². The Morgan fingerprint density at radius 1 is 1.00 bits per heavy atom. The fourth-order valence-corrected chi connectivity index (χ4v) is 3.68. The van der Waals surface area contributed by atoms with E-state index in [9.17, 15) is 22.4 Å². The number of hydrogen-bond donors (Lipinski definition) is 1. The lowest BCUT2D eigenvalue weighted by atomic mass is 10.1. The van der Waals surface area contributed by atoms with Crippen molar-refractivity contribution >= 4 is 17.4 Å². The second-order valence-electron chi connectivity index (χ2n) is 7.34. The largest absolute Gasteiger partial charge is 0.540 e. The van der Waals surface area contributed by atoms with E-state index in [2.05, 4.69) is 19.7 Å². The summed E-state index contributed by atoms with van der Waals surface area (Å²) in [7, 11) is 3.12. The third-order valence-corrected chi connectivity index (χ3v) is 5.31. The second kappa shape index (κ2) is 8.50. The number of nitrogens with one attached hydrogen (secondary N) is 1. The number of urea groups is 1. The van der Waals surface area contributed by atoms with Crippen molar-refractivity contribution in [3.63, 3.8) is 0 Å². The Hall–Kier alpha value is -3.41. The van der Waals surface area contributed by atoms with Gasteiger partial charge in [0.2, 0.25) is 0 Å². The van der Waals surface area contributed by atoms with E-state index >= 15 is 0 Å². The van der Waals surface area contributed by atoms with Crippen molar-refractivity contribution in [3.8, 4) is 17.2 Å².